The van der Waals surface area contributed by atoms with Crippen molar-refractivity contribution in [2.75, 3.05) is 18.4 Å². The Kier molecular flexibility index (Phi) is 6.99. The average molecular weight is 420 g/mol. The molecule has 0 aliphatic carbocycles. The molecule has 150 valence electrons. The summed E-state index contributed by atoms with van der Waals surface area (Å²) in [4.78, 5) is 57.4. The van der Waals surface area contributed by atoms with Crippen LogP contribution < -0.4 is 10.6 Å². The molecule has 0 aliphatic rings. The van der Waals surface area contributed by atoms with Gasteiger partial charge >= 0.3 is 5.97 Å². The Morgan fingerprint density at radius 2 is 1.66 bits per heavy atom. The van der Waals surface area contributed by atoms with E-state index in [4.69, 9.17) is 11.6 Å². The Hall–Kier alpha value is -3.79. The summed E-state index contributed by atoms with van der Waals surface area (Å²) in [5.74, 6) is -4.10. The summed E-state index contributed by atoms with van der Waals surface area (Å²) >= 11 is 6.01. The number of rotatable bonds is 8. The Morgan fingerprint density at radius 3 is 2.24 bits per heavy atom. The number of Topliss-reactive ketones (excluding diaryl/α,β-unsaturated/α-hetero) is 1. The molecule has 0 heterocycles. The molecule has 0 aromatic heterocycles. The van der Waals surface area contributed by atoms with Crippen LogP contribution in [0.5, 0.6) is 0 Å². The van der Waals surface area contributed by atoms with Gasteiger partial charge in [0.25, 0.3) is 12.5 Å². The molecule has 2 aromatic rings. The number of nitrogens with zero attached hydrogens (tertiary/aromatic N) is 1. The minimum absolute atomic E-state index is 0.368. The zero-order valence-electron chi connectivity index (χ0n) is 14.7. The molecule has 3 N–H and O–H groups in total. The van der Waals surface area contributed by atoms with Crippen LogP contribution >= 0.6 is 11.6 Å². The number of amides is 2. The molecule has 0 radical (unpaired) electrons. The molecule has 0 aliphatic heterocycles. The van der Waals surface area contributed by atoms with Gasteiger partial charge in [-0.2, -0.15) is 0 Å². The lowest BCUT2D eigenvalue weighted by Crippen LogP contribution is -2.34. The maximum absolute atomic E-state index is 12.5. The highest BCUT2D eigenvalue weighted by Gasteiger charge is 2.26. The highest BCUT2D eigenvalue weighted by molar-refractivity contribution is 6.38. The first kappa shape index (κ1) is 21.5. The van der Waals surface area contributed by atoms with Crippen LogP contribution in [0.4, 0.5) is 5.69 Å². The number of carboxylic acid groups (broad SMARTS) is 1. The van der Waals surface area contributed by atoms with Crippen molar-refractivity contribution < 1.29 is 29.2 Å². The topological polar surface area (TPSA) is 156 Å². The van der Waals surface area contributed by atoms with E-state index in [9.17, 15) is 34.4 Å². The maximum atomic E-state index is 12.5. The van der Waals surface area contributed by atoms with Crippen molar-refractivity contribution in [1.82, 2.24) is 5.32 Å². The highest BCUT2D eigenvalue weighted by atomic mass is 35.5. The Labute approximate surface area is 168 Å². The van der Waals surface area contributed by atoms with Crippen LogP contribution in [-0.2, 0) is 4.79 Å². The number of carbonyl (C=O) groups excluding carboxylic acids is 3. The number of carbonyl (C=O) groups is 4. The smallest absolute Gasteiger partial charge is 0.336 e. The lowest BCUT2D eigenvalue weighted by Gasteiger charge is -2.12. The second-order valence-corrected chi connectivity index (χ2v) is 6.04. The fourth-order valence-corrected chi connectivity index (χ4v) is 2.73. The zero-order valence-corrected chi connectivity index (χ0v) is 15.4. The molecule has 0 spiro atoms. The van der Waals surface area contributed by atoms with Gasteiger partial charge < -0.3 is 15.7 Å². The van der Waals surface area contributed by atoms with Gasteiger partial charge in [0.2, 0.25) is 11.7 Å². The van der Waals surface area contributed by atoms with Crippen LogP contribution in [0.2, 0.25) is 5.02 Å². The van der Waals surface area contributed by atoms with Crippen LogP contribution in [0.15, 0.2) is 42.5 Å². The Balaban J connectivity index is 2.22. The summed E-state index contributed by atoms with van der Waals surface area (Å²) in [5, 5.41) is 24.0. The molecule has 2 rings (SSSR count). The van der Waals surface area contributed by atoms with Crippen LogP contribution in [0.3, 0.4) is 0 Å². The Bertz CT molecular complexity index is 992. The monoisotopic (exact) mass is 419 g/mol. The number of ketones is 1. The molecular formula is C18H14ClN3O7. The minimum atomic E-state index is -1.50. The number of anilines is 1. The van der Waals surface area contributed by atoms with Gasteiger partial charge in [-0.3, -0.25) is 24.5 Å². The molecule has 2 aromatic carbocycles. The molecule has 0 atom stereocenters. The van der Waals surface area contributed by atoms with E-state index in [1.54, 1.807) is 30.3 Å². The van der Waals surface area contributed by atoms with Gasteiger partial charge in [-0.25, -0.2) is 4.79 Å². The van der Waals surface area contributed by atoms with E-state index in [1.807, 2.05) is 0 Å². The second-order valence-electron chi connectivity index (χ2n) is 5.67. The molecule has 10 nitrogen and oxygen atoms in total. The fourth-order valence-electron chi connectivity index (χ4n) is 2.37. The average Bonchev–Trinajstić information content (AvgIpc) is 2.65. The molecule has 2 amide bonds. The maximum Gasteiger partial charge on any atom is 0.336 e. The third kappa shape index (κ3) is 5.59. The quantitative estimate of drug-likeness (QED) is 0.335. The van der Waals surface area contributed by atoms with Crippen LogP contribution in [-0.4, -0.2) is 46.7 Å². The van der Waals surface area contributed by atoms with E-state index < -0.39 is 57.7 Å². The van der Waals surface area contributed by atoms with Crippen molar-refractivity contribution in [2.45, 2.75) is 0 Å². The van der Waals surface area contributed by atoms with Gasteiger partial charge in [-0.15, -0.1) is 0 Å². The van der Waals surface area contributed by atoms with Crippen LogP contribution in [0.1, 0.15) is 31.1 Å². The van der Waals surface area contributed by atoms with Crippen LogP contribution in [0.25, 0.3) is 0 Å². The van der Waals surface area contributed by atoms with E-state index in [0.29, 0.717) is 5.69 Å². The Morgan fingerprint density at radius 1 is 1.03 bits per heavy atom. The molecule has 0 unspecified atom stereocenters. The van der Waals surface area contributed by atoms with Gasteiger partial charge in [0.1, 0.15) is 0 Å². The predicted octanol–water partition coefficient (Wildman–Crippen LogP) is 1.87. The van der Waals surface area contributed by atoms with Crippen LogP contribution in [0, 0.1) is 10.1 Å². The van der Waals surface area contributed by atoms with Gasteiger partial charge in [0.15, 0.2) is 0 Å². The van der Waals surface area contributed by atoms with Gasteiger partial charge in [-0.05, 0) is 24.3 Å². The normalized spacial score (nSPS) is 10.1. The van der Waals surface area contributed by atoms with E-state index >= 15 is 0 Å². The number of para-hydroxylation sites is 1. The number of halogens is 1. The van der Waals surface area contributed by atoms with Crippen molar-refractivity contribution in [3.63, 3.8) is 0 Å². The summed E-state index contributed by atoms with van der Waals surface area (Å²) in [7, 11) is 0. The van der Waals surface area contributed by atoms with Crippen molar-refractivity contribution >= 4 is 40.9 Å². The van der Waals surface area contributed by atoms with Gasteiger partial charge in [-0.1, -0.05) is 29.8 Å². The van der Waals surface area contributed by atoms with E-state index in [2.05, 4.69) is 10.6 Å². The fraction of sp³-hybridized carbons (Fsp3) is 0.111. The first-order valence-corrected chi connectivity index (χ1v) is 8.42. The first-order chi connectivity index (χ1) is 13.7. The summed E-state index contributed by atoms with van der Waals surface area (Å²) in [6, 6.07) is 10.3. The molecule has 0 fully saturated rings. The van der Waals surface area contributed by atoms with Crippen molar-refractivity contribution in [3.05, 3.63) is 74.3 Å². The summed E-state index contributed by atoms with van der Waals surface area (Å²) in [6.07, 6.45) is 0. The van der Waals surface area contributed by atoms with Crippen molar-refractivity contribution in [3.8, 4) is 0 Å². The number of hydrogen-bond donors (Lipinski definition) is 3. The summed E-state index contributed by atoms with van der Waals surface area (Å²) < 4.78 is 0. The summed E-state index contributed by atoms with van der Waals surface area (Å²) in [5.41, 5.74) is -0.967. The minimum Gasteiger partial charge on any atom is -0.478 e. The molecule has 29 heavy (non-hydrogen) atoms. The predicted molar refractivity (Wildman–Crippen MR) is 102 cm³/mol. The number of nitrogens with one attached hydrogen (secondary N) is 2. The number of hydrogen-bond acceptors (Lipinski definition) is 6. The van der Waals surface area contributed by atoms with Gasteiger partial charge in [0.05, 0.1) is 22.7 Å². The van der Waals surface area contributed by atoms with Gasteiger partial charge in [0, 0.05) is 16.2 Å². The molecule has 0 bridgehead atoms. The molecular weight excluding hydrogens is 406 g/mol. The second kappa shape index (κ2) is 9.42. The van der Waals surface area contributed by atoms with Crippen molar-refractivity contribution in [2.24, 2.45) is 0 Å². The molecule has 0 saturated heterocycles. The number of carboxylic acids is 1. The zero-order chi connectivity index (χ0) is 21.6. The number of nitro groups is 1. The lowest BCUT2D eigenvalue weighted by molar-refractivity contribution is -0.465. The third-order valence-electron chi connectivity index (χ3n) is 3.64. The SMILES string of the molecule is O=C(CNC(=O)c1c(C(=O)O)ccc(C(=O)C[N+](=O)[O-])c1Cl)Nc1ccccc1. The third-order valence-corrected chi connectivity index (χ3v) is 4.03. The lowest BCUT2D eigenvalue weighted by atomic mass is 10.0. The van der Waals surface area contributed by atoms with Crippen molar-refractivity contribution in [1.29, 1.82) is 0 Å². The largest absolute Gasteiger partial charge is 0.478 e. The highest BCUT2D eigenvalue weighted by Crippen LogP contribution is 2.26. The van der Waals surface area contributed by atoms with E-state index in [1.165, 1.54) is 0 Å². The van der Waals surface area contributed by atoms with E-state index in [-0.39, 0.29) is 5.56 Å². The number of aromatic carboxylic acids is 1. The molecule has 11 heteroatoms. The standard InChI is InChI=1S/C18H14ClN3O7/c19-16-11(13(23)9-22(28)29)6-7-12(18(26)27)15(16)17(25)20-8-14(24)21-10-4-2-1-3-5-10/h1-7H,8-9H2,(H,20,25)(H,21,24)(H,26,27). The summed E-state index contributed by atoms with van der Waals surface area (Å²) in [6.45, 7) is -1.58. The first-order valence-electron chi connectivity index (χ1n) is 8.04. The van der Waals surface area contributed by atoms with E-state index in [0.717, 1.165) is 12.1 Å². The number of benzene rings is 2. The molecule has 0 saturated carbocycles.